The van der Waals surface area contributed by atoms with Crippen molar-refractivity contribution < 1.29 is 9.90 Å². The number of carboxylic acids is 1. The van der Waals surface area contributed by atoms with Gasteiger partial charge in [-0.25, -0.2) is 4.98 Å². The van der Waals surface area contributed by atoms with Crippen molar-refractivity contribution in [1.29, 1.82) is 0 Å². The molecule has 2 N–H and O–H groups in total. The third-order valence-corrected chi connectivity index (χ3v) is 2.27. The van der Waals surface area contributed by atoms with E-state index in [2.05, 4.69) is 21.6 Å². The second-order valence-electron chi connectivity index (χ2n) is 2.84. The van der Waals surface area contributed by atoms with E-state index < -0.39 is 5.97 Å². The highest BCUT2D eigenvalue weighted by atomic mass is 32.1. The van der Waals surface area contributed by atoms with Gasteiger partial charge in [0, 0.05) is 24.5 Å². The molecule has 78 valence electrons. The Morgan fingerprint density at radius 3 is 3.07 bits per heavy atom. The van der Waals surface area contributed by atoms with E-state index in [0.717, 1.165) is 18.7 Å². The minimum Gasteiger partial charge on any atom is -0.481 e. The molecule has 0 aliphatic rings. The van der Waals surface area contributed by atoms with Crippen LogP contribution in [0.5, 0.6) is 0 Å². The van der Waals surface area contributed by atoms with Crippen molar-refractivity contribution in [2.75, 3.05) is 11.9 Å². The van der Waals surface area contributed by atoms with Crippen molar-refractivity contribution in [2.45, 2.75) is 26.2 Å². The first-order valence-corrected chi connectivity index (χ1v) is 5.28. The number of carboxylic acid groups (broad SMARTS) is 1. The SMILES string of the molecule is CCCc1nsc(NCCC(=O)O)n1. The maximum absolute atomic E-state index is 10.2. The highest BCUT2D eigenvalue weighted by Crippen LogP contribution is 2.11. The summed E-state index contributed by atoms with van der Waals surface area (Å²) in [5.41, 5.74) is 0. The first-order valence-electron chi connectivity index (χ1n) is 4.50. The van der Waals surface area contributed by atoms with Gasteiger partial charge < -0.3 is 10.4 Å². The molecule has 0 saturated carbocycles. The summed E-state index contributed by atoms with van der Waals surface area (Å²) in [6, 6.07) is 0. The molecule has 0 atom stereocenters. The Balaban J connectivity index is 2.32. The van der Waals surface area contributed by atoms with Crippen LogP contribution in [0.25, 0.3) is 0 Å². The molecule has 0 radical (unpaired) electrons. The Labute approximate surface area is 86.3 Å². The van der Waals surface area contributed by atoms with Crippen molar-refractivity contribution in [3.63, 3.8) is 0 Å². The average molecular weight is 215 g/mol. The summed E-state index contributed by atoms with van der Waals surface area (Å²) in [6.07, 6.45) is 1.99. The van der Waals surface area contributed by atoms with Crippen LogP contribution in [0.1, 0.15) is 25.6 Å². The van der Waals surface area contributed by atoms with Crippen molar-refractivity contribution in [3.05, 3.63) is 5.82 Å². The van der Waals surface area contributed by atoms with Crippen molar-refractivity contribution in [3.8, 4) is 0 Å². The Hall–Kier alpha value is -1.17. The Kier molecular flexibility index (Phi) is 4.31. The van der Waals surface area contributed by atoms with E-state index in [1.165, 1.54) is 11.5 Å². The molecule has 0 aliphatic carbocycles. The molecule has 6 heteroatoms. The first-order chi connectivity index (χ1) is 6.72. The van der Waals surface area contributed by atoms with E-state index in [-0.39, 0.29) is 6.42 Å². The minimum absolute atomic E-state index is 0.0999. The van der Waals surface area contributed by atoms with E-state index in [9.17, 15) is 4.79 Å². The zero-order valence-corrected chi connectivity index (χ0v) is 8.80. The lowest BCUT2D eigenvalue weighted by Crippen LogP contribution is -2.07. The molecule has 1 rings (SSSR count). The summed E-state index contributed by atoms with van der Waals surface area (Å²) >= 11 is 1.28. The zero-order chi connectivity index (χ0) is 10.4. The lowest BCUT2D eigenvalue weighted by atomic mass is 10.3. The summed E-state index contributed by atoms with van der Waals surface area (Å²) in [4.78, 5) is 14.4. The van der Waals surface area contributed by atoms with Crippen LogP contribution in [0.15, 0.2) is 0 Å². The number of hydrogen-bond donors (Lipinski definition) is 2. The summed E-state index contributed by atoms with van der Waals surface area (Å²) in [5, 5.41) is 12.0. The van der Waals surface area contributed by atoms with Crippen LogP contribution >= 0.6 is 11.5 Å². The summed E-state index contributed by atoms with van der Waals surface area (Å²) < 4.78 is 4.12. The fourth-order valence-electron chi connectivity index (χ4n) is 0.927. The molecule has 0 unspecified atom stereocenters. The van der Waals surface area contributed by atoms with Gasteiger partial charge in [-0.1, -0.05) is 6.92 Å². The number of carbonyl (C=O) groups is 1. The third-order valence-electron chi connectivity index (χ3n) is 1.56. The van der Waals surface area contributed by atoms with Gasteiger partial charge in [-0.2, -0.15) is 4.37 Å². The standard InChI is InChI=1S/C8H13N3O2S/c1-2-3-6-10-8(14-11-6)9-5-4-7(12)13/h2-5H2,1H3,(H,12,13)(H,9,10,11). The van der Waals surface area contributed by atoms with E-state index in [1.807, 2.05) is 0 Å². The largest absolute Gasteiger partial charge is 0.481 e. The average Bonchev–Trinajstić information content (AvgIpc) is 2.53. The maximum atomic E-state index is 10.2. The van der Waals surface area contributed by atoms with Crippen LogP contribution in [-0.2, 0) is 11.2 Å². The van der Waals surface area contributed by atoms with Crippen LogP contribution in [0.2, 0.25) is 0 Å². The predicted octanol–water partition coefficient (Wildman–Crippen LogP) is 1.38. The number of aliphatic carboxylic acids is 1. The third kappa shape index (κ3) is 3.69. The van der Waals surface area contributed by atoms with Gasteiger partial charge in [0.25, 0.3) is 0 Å². The molecule has 5 nitrogen and oxygen atoms in total. The summed E-state index contributed by atoms with van der Waals surface area (Å²) in [6.45, 7) is 2.47. The number of nitrogens with one attached hydrogen (secondary N) is 1. The zero-order valence-electron chi connectivity index (χ0n) is 7.99. The summed E-state index contributed by atoms with van der Waals surface area (Å²) in [5.74, 6) is 0.0196. The van der Waals surface area contributed by atoms with Crippen molar-refractivity contribution in [1.82, 2.24) is 9.36 Å². The quantitative estimate of drug-likeness (QED) is 0.749. The van der Waals surface area contributed by atoms with Crippen LogP contribution in [0, 0.1) is 0 Å². The molecular weight excluding hydrogens is 202 g/mol. The van der Waals surface area contributed by atoms with E-state index in [1.54, 1.807) is 0 Å². The molecule has 14 heavy (non-hydrogen) atoms. The lowest BCUT2D eigenvalue weighted by Gasteiger charge is -1.96. The molecule has 1 aromatic heterocycles. The second kappa shape index (κ2) is 5.54. The van der Waals surface area contributed by atoms with E-state index >= 15 is 0 Å². The number of aromatic nitrogens is 2. The van der Waals surface area contributed by atoms with Crippen LogP contribution in [-0.4, -0.2) is 27.0 Å². The molecule has 1 aromatic rings. The summed E-state index contributed by atoms with van der Waals surface area (Å²) in [7, 11) is 0. The van der Waals surface area contributed by atoms with Crippen molar-refractivity contribution >= 4 is 22.6 Å². The number of rotatable bonds is 6. The molecule has 0 amide bonds. The molecular formula is C8H13N3O2S. The van der Waals surface area contributed by atoms with Gasteiger partial charge in [0.15, 0.2) is 0 Å². The monoisotopic (exact) mass is 215 g/mol. The lowest BCUT2D eigenvalue weighted by molar-refractivity contribution is -0.136. The van der Waals surface area contributed by atoms with Gasteiger partial charge in [0.1, 0.15) is 5.82 Å². The number of hydrogen-bond acceptors (Lipinski definition) is 5. The van der Waals surface area contributed by atoms with Gasteiger partial charge in [0.2, 0.25) is 5.13 Å². The topological polar surface area (TPSA) is 75.1 Å². The van der Waals surface area contributed by atoms with Crippen LogP contribution in [0.4, 0.5) is 5.13 Å². The molecule has 0 saturated heterocycles. The fraction of sp³-hybridized carbons (Fsp3) is 0.625. The Morgan fingerprint density at radius 1 is 1.64 bits per heavy atom. The van der Waals surface area contributed by atoms with Gasteiger partial charge in [-0.3, -0.25) is 4.79 Å². The molecule has 1 heterocycles. The molecule has 0 spiro atoms. The molecule has 0 aliphatic heterocycles. The molecule has 0 aromatic carbocycles. The minimum atomic E-state index is -0.809. The number of aryl methyl sites for hydroxylation is 1. The number of nitrogens with zero attached hydrogens (tertiary/aromatic N) is 2. The van der Waals surface area contributed by atoms with Gasteiger partial charge >= 0.3 is 5.97 Å². The van der Waals surface area contributed by atoms with E-state index in [0.29, 0.717) is 11.7 Å². The normalized spacial score (nSPS) is 10.1. The fourth-order valence-corrected chi connectivity index (χ4v) is 1.56. The Morgan fingerprint density at radius 2 is 2.43 bits per heavy atom. The van der Waals surface area contributed by atoms with E-state index in [4.69, 9.17) is 5.11 Å². The Bertz CT molecular complexity index is 301. The van der Waals surface area contributed by atoms with Crippen LogP contribution < -0.4 is 5.32 Å². The first kappa shape index (κ1) is 10.9. The van der Waals surface area contributed by atoms with Gasteiger partial charge in [-0.15, -0.1) is 0 Å². The number of anilines is 1. The smallest absolute Gasteiger partial charge is 0.305 e. The molecule has 0 fully saturated rings. The highest BCUT2D eigenvalue weighted by Gasteiger charge is 2.03. The highest BCUT2D eigenvalue weighted by molar-refractivity contribution is 7.09. The van der Waals surface area contributed by atoms with Gasteiger partial charge in [0.05, 0.1) is 6.42 Å². The maximum Gasteiger partial charge on any atom is 0.305 e. The van der Waals surface area contributed by atoms with Crippen LogP contribution in [0.3, 0.4) is 0 Å². The van der Waals surface area contributed by atoms with Crippen molar-refractivity contribution in [2.24, 2.45) is 0 Å². The second-order valence-corrected chi connectivity index (χ2v) is 3.59. The molecule has 0 bridgehead atoms. The predicted molar refractivity (Wildman–Crippen MR) is 54.6 cm³/mol. The van der Waals surface area contributed by atoms with Gasteiger partial charge in [-0.05, 0) is 6.42 Å².